The second-order valence-electron chi connectivity index (χ2n) is 16.6. The molecule has 0 aromatic rings. The van der Waals surface area contributed by atoms with Gasteiger partial charge in [-0.15, -0.1) is 0 Å². The van der Waals surface area contributed by atoms with E-state index in [1.807, 2.05) is 13.8 Å². The highest BCUT2D eigenvalue weighted by molar-refractivity contribution is 5.18. The van der Waals surface area contributed by atoms with Gasteiger partial charge in [-0.2, -0.15) is 0 Å². The Hall–Kier alpha value is 0. The third kappa shape index (κ3) is 5.69. The molecule has 4 fully saturated rings. The minimum atomic E-state index is 0. The number of rotatable bonds is 2. The molecule has 0 radical (unpaired) electrons. The van der Waals surface area contributed by atoms with Gasteiger partial charge in [0.15, 0.2) is 0 Å². The molecule has 4 aliphatic carbocycles. The van der Waals surface area contributed by atoms with E-state index in [9.17, 15) is 0 Å². The standard InChI is InChI=1S/C33H60.C3H8.C2H6.CH4/c1-18(2)26-15-14-20(5)28-23(8)30-25(10)33(13)24(9)21(6)22(7)29(19(3)4)32(33,12)17-31(30,11)16-27(26)28;1-3-2;1-2;/h18-30H,14-17H2,1-13H3;3H2,1-2H3;1-2H3;1H4. The van der Waals surface area contributed by atoms with Crippen molar-refractivity contribution in [3.8, 4) is 0 Å². The zero-order valence-corrected chi connectivity index (χ0v) is 29.5. The lowest BCUT2D eigenvalue weighted by atomic mass is 9.30. The Labute approximate surface area is 250 Å². The second-order valence-corrected chi connectivity index (χ2v) is 16.6. The molecule has 0 amide bonds. The summed E-state index contributed by atoms with van der Waals surface area (Å²) in [4.78, 5) is 0. The molecule has 4 saturated carbocycles. The van der Waals surface area contributed by atoms with Gasteiger partial charge in [0.1, 0.15) is 0 Å². The van der Waals surface area contributed by atoms with E-state index in [1.54, 1.807) is 0 Å². The van der Waals surface area contributed by atoms with E-state index < -0.39 is 0 Å². The molecule has 4 aliphatic rings. The van der Waals surface area contributed by atoms with Crippen LogP contribution in [0.5, 0.6) is 0 Å². The molecule has 0 nitrogen and oxygen atoms in total. The molecule has 0 heterocycles. The average molecular weight is 547 g/mol. The van der Waals surface area contributed by atoms with Crippen molar-refractivity contribution in [3.63, 3.8) is 0 Å². The highest BCUT2D eigenvalue weighted by atomic mass is 14.7. The molecule has 0 heteroatoms. The van der Waals surface area contributed by atoms with Crippen molar-refractivity contribution >= 4 is 0 Å². The van der Waals surface area contributed by atoms with Gasteiger partial charge < -0.3 is 0 Å². The Bertz CT molecular complexity index is 734. The lowest BCUT2D eigenvalue weighted by molar-refractivity contribution is -0.270. The molecule has 0 aromatic carbocycles. The molecular formula is C39H78. The average Bonchev–Trinajstić information content (AvgIpc) is 2.81. The highest BCUT2D eigenvalue weighted by Crippen LogP contribution is 2.76. The van der Waals surface area contributed by atoms with Crippen LogP contribution in [0.15, 0.2) is 0 Å². The predicted octanol–water partition coefficient (Wildman–Crippen LogP) is 12.9. The molecule has 0 spiro atoms. The Morgan fingerprint density at radius 1 is 0.718 bits per heavy atom. The van der Waals surface area contributed by atoms with Crippen LogP contribution in [0.1, 0.15) is 157 Å². The van der Waals surface area contributed by atoms with Gasteiger partial charge in [-0.3, -0.25) is 0 Å². The van der Waals surface area contributed by atoms with Crippen LogP contribution in [-0.2, 0) is 0 Å². The first-order valence-electron chi connectivity index (χ1n) is 17.5. The third-order valence-electron chi connectivity index (χ3n) is 14.3. The van der Waals surface area contributed by atoms with Crippen LogP contribution < -0.4 is 0 Å². The Balaban J connectivity index is 0.00000119. The minimum absolute atomic E-state index is 0. The summed E-state index contributed by atoms with van der Waals surface area (Å²) in [6.07, 6.45) is 7.20. The monoisotopic (exact) mass is 547 g/mol. The molecule has 14 unspecified atom stereocenters. The fraction of sp³-hybridized carbons (Fsp3) is 1.00. The first kappa shape index (κ1) is 37.0. The molecule has 234 valence electrons. The van der Waals surface area contributed by atoms with Gasteiger partial charge in [-0.1, -0.05) is 138 Å². The Morgan fingerprint density at radius 2 is 1.23 bits per heavy atom. The highest BCUT2D eigenvalue weighted by Gasteiger charge is 2.70. The van der Waals surface area contributed by atoms with Gasteiger partial charge in [0.2, 0.25) is 0 Å². The Morgan fingerprint density at radius 3 is 1.69 bits per heavy atom. The van der Waals surface area contributed by atoms with E-state index in [1.165, 1.54) is 32.1 Å². The van der Waals surface area contributed by atoms with Crippen molar-refractivity contribution in [3.05, 3.63) is 0 Å². The molecule has 14 atom stereocenters. The van der Waals surface area contributed by atoms with Crippen LogP contribution in [0.4, 0.5) is 0 Å². The molecule has 0 saturated heterocycles. The van der Waals surface area contributed by atoms with Gasteiger partial charge in [0.25, 0.3) is 0 Å². The van der Waals surface area contributed by atoms with Crippen molar-refractivity contribution in [1.82, 2.24) is 0 Å². The van der Waals surface area contributed by atoms with Crippen LogP contribution in [0.2, 0.25) is 0 Å². The summed E-state index contributed by atoms with van der Waals surface area (Å²) in [5, 5.41) is 0. The van der Waals surface area contributed by atoms with E-state index in [-0.39, 0.29) is 7.43 Å². The predicted molar refractivity (Wildman–Crippen MR) is 179 cm³/mol. The lowest BCUT2D eigenvalue weighted by Gasteiger charge is -2.75. The van der Waals surface area contributed by atoms with Crippen molar-refractivity contribution < 1.29 is 0 Å². The van der Waals surface area contributed by atoms with Crippen molar-refractivity contribution in [2.45, 2.75) is 157 Å². The maximum absolute atomic E-state index is 2.79. The van der Waals surface area contributed by atoms with E-state index in [0.29, 0.717) is 16.2 Å². The van der Waals surface area contributed by atoms with E-state index in [0.717, 1.165) is 76.9 Å². The molecular weight excluding hydrogens is 468 g/mol. The summed E-state index contributed by atoms with van der Waals surface area (Å²) in [6.45, 7) is 42.7. The maximum atomic E-state index is 2.79. The fourth-order valence-electron chi connectivity index (χ4n) is 13.0. The number of hydrogen-bond acceptors (Lipinski definition) is 0. The summed E-state index contributed by atoms with van der Waals surface area (Å²) < 4.78 is 0. The molecule has 39 heavy (non-hydrogen) atoms. The third-order valence-corrected chi connectivity index (χ3v) is 14.3. The summed E-state index contributed by atoms with van der Waals surface area (Å²) in [6, 6.07) is 0. The summed E-state index contributed by atoms with van der Waals surface area (Å²) >= 11 is 0. The van der Waals surface area contributed by atoms with Gasteiger partial charge in [-0.05, 0) is 112 Å². The normalized spacial score (nSPS) is 50.7. The fourth-order valence-corrected chi connectivity index (χ4v) is 13.0. The minimum Gasteiger partial charge on any atom is -0.0776 e. The van der Waals surface area contributed by atoms with Crippen molar-refractivity contribution in [2.24, 2.45) is 93.2 Å². The first-order valence-corrected chi connectivity index (χ1v) is 17.5. The van der Waals surface area contributed by atoms with Crippen molar-refractivity contribution in [2.75, 3.05) is 0 Å². The van der Waals surface area contributed by atoms with Gasteiger partial charge in [-0.25, -0.2) is 0 Å². The van der Waals surface area contributed by atoms with Gasteiger partial charge in [0.05, 0.1) is 0 Å². The topological polar surface area (TPSA) is 0 Å². The summed E-state index contributed by atoms with van der Waals surface area (Å²) in [7, 11) is 0. The van der Waals surface area contributed by atoms with Gasteiger partial charge in [0, 0.05) is 0 Å². The second kappa shape index (κ2) is 13.5. The van der Waals surface area contributed by atoms with Crippen LogP contribution in [0.25, 0.3) is 0 Å². The first-order chi connectivity index (χ1) is 17.5. The van der Waals surface area contributed by atoms with Crippen LogP contribution in [0, 0.1) is 93.2 Å². The molecule has 0 N–H and O–H groups in total. The number of fused-ring (bicyclic) bond motifs is 3. The summed E-state index contributed by atoms with van der Waals surface area (Å²) in [5.41, 5.74) is 1.39. The largest absolute Gasteiger partial charge is 0.0776 e. The molecule has 0 aliphatic heterocycles. The van der Waals surface area contributed by atoms with E-state index in [4.69, 9.17) is 0 Å². The quantitative estimate of drug-likeness (QED) is 0.323. The van der Waals surface area contributed by atoms with Crippen LogP contribution >= 0.6 is 0 Å². The number of hydrogen-bond donors (Lipinski definition) is 0. The smallest absolute Gasteiger partial charge is 0.0212 e. The molecule has 4 rings (SSSR count). The van der Waals surface area contributed by atoms with Crippen molar-refractivity contribution in [1.29, 1.82) is 0 Å². The lowest BCUT2D eigenvalue weighted by Crippen LogP contribution is -2.69. The van der Waals surface area contributed by atoms with Crippen LogP contribution in [0.3, 0.4) is 0 Å². The SMILES string of the molecule is C.CC.CC(C)C1CCC(C)C2C(C)C3C(C)C4(C)C(C)C(C)C(C)C(C(C)C)C4(C)CC3(C)CC12.CCC. The zero-order chi connectivity index (χ0) is 29.5. The maximum Gasteiger partial charge on any atom is -0.0212 e. The van der Waals surface area contributed by atoms with Crippen LogP contribution in [-0.4, -0.2) is 0 Å². The molecule has 0 aromatic heterocycles. The van der Waals surface area contributed by atoms with Gasteiger partial charge >= 0.3 is 0 Å². The van der Waals surface area contributed by atoms with E-state index in [2.05, 4.69) is 104 Å². The zero-order valence-electron chi connectivity index (χ0n) is 29.5. The van der Waals surface area contributed by atoms with E-state index >= 15 is 0 Å². The Kier molecular flexibility index (Phi) is 12.8. The summed E-state index contributed by atoms with van der Waals surface area (Å²) in [5.74, 6) is 11.3. The molecule has 0 bridgehead atoms.